The Balaban J connectivity index is 2.57. The van der Waals surface area contributed by atoms with E-state index in [1.165, 1.54) is 63.5 Å². The summed E-state index contributed by atoms with van der Waals surface area (Å²) < 4.78 is 0. The van der Waals surface area contributed by atoms with Gasteiger partial charge in [-0.2, -0.15) is 0 Å². The van der Waals surface area contributed by atoms with Gasteiger partial charge in [-0.05, 0) is 71.3 Å². The van der Waals surface area contributed by atoms with Gasteiger partial charge in [0.1, 0.15) is 0 Å². The predicted octanol–water partition coefficient (Wildman–Crippen LogP) is 6.55. The molecular weight excluding hydrogens is 328 g/mol. The molecule has 1 heterocycles. The molecule has 0 amide bonds. The van der Waals surface area contributed by atoms with Crippen LogP contribution in [0.5, 0.6) is 0 Å². The minimum Gasteiger partial charge on any atom is -0.314 e. The molecule has 27 heavy (non-hydrogen) atoms. The molecule has 0 aromatic heterocycles. The Morgan fingerprint density at radius 2 is 2.00 bits per heavy atom. The summed E-state index contributed by atoms with van der Waals surface area (Å²) in [4.78, 5) is 0. The number of unbranched alkanes of at least 4 members (excludes halogenated alkanes) is 1. The third-order valence-electron chi connectivity index (χ3n) is 6.01. The molecule has 0 radical (unpaired) electrons. The first-order valence-electron chi connectivity index (χ1n) is 11.6. The molecule has 0 aromatic rings. The van der Waals surface area contributed by atoms with Crippen molar-refractivity contribution in [3.8, 4) is 0 Å². The van der Waals surface area contributed by atoms with Gasteiger partial charge in [0, 0.05) is 18.6 Å². The van der Waals surface area contributed by atoms with Gasteiger partial charge in [0.05, 0.1) is 0 Å². The average molecular weight is 375 g/mol. The van der Waals surface area contributed by atoms with E-state index in [1.807, 2.05) is 0 Å². The lowest BCUT2D eigenvalue weighted by Gasteiger charge is -2.26. The van der Waals surface area contributed by atoms with Crippen molar-refractivity contribution in [2.75, 3.05) is 13.1 Å². The van der Waals surface area contributed by atoms with Gasteiger partial charge in [-0.1, -0.05) is 69.1 Å². The number of hydrogen-bond acceptors (Lipinski definition) is 2. The van der Waals surface area contributed by atoms with E-state index in [-0.39, 0.29) is 0 Å². The summed E-state index contributed by atoms with van der Waals surface area (Å²) in [5.74, 6) is 0.658. The molecule has 1 fully saturated rings. The maximum atomic E-state index is 3.71. The zero-order chi connectivity index (χ0) is 19.9. The Morgan fingerprint density at radius 3 is 2.63 bits per heavy atom. The zero-order valence-corrected chi connectivity index (χ0v) is 18.8. The van der Waals surface area contributed by atoms with Crippen molar-refractivity contribution in [2.45, 2.75) is 104 Å². The summed E-state index contributed by atoms with van der Waals surface area (Å²) in [6.45, 7) is 13.6. The fraction of sp³-hybridized carbons (Fsp3) is 0.760. The lowest BCUT2D eigenvalue weighted by Crippen LogP contribution is -2.34. The number of hydrogen-bond donors (Lipinski definition) is 2. The van der Waals surface area contributed by atoms with E-state index in [0.29, 0.717) is 12.0 Å². The Labute approximate surface area is 170 Å². The van der Waals surface area contributed by atoms with Gasteiger partial charge in [-0.3, -0.25) is 0 Å². The van der Waals surface area contributed by atoms with Crippen LogP contribution in [0.15, 0.2) is 35.5 Å². The molecule has 3 atom stereocenters. The Kier molecular flexibility index (Phi) is 13.5. The Bertz CT molecular complexity index is 455. The molecule has 0 bridgehead atoms. The first kappa shape index (κ1) is 24.2. The van der Waals surface area contributed by atoms with Crippen LogP contribution in [-0.2, 0) is 0 Å². The molecule has 1 aliphatic heterocycles. The summed E-state index contributed by atoms with van der Waals surface area (Å²) >= 11 is 0. The highest BCUT2D eigenvalue weighted by atomic mass is 14.9. The van der Waals surface area contributed by atoms with E-state index in [2.05, 4.69) is 69.6 Å². The van der Waals surface area contributed by atoms with Crippen LogP contribution in [0.3, 0.4) is 0 Å². The molecule has 2 nitrogen and oxygen atoms in total. The van der Waals surface area contributed by atoms with Crippen molar-refractivity contribution in [2.24, 2.45) is 5.92 Å². The van der Waals surface area contributed by atoms with Crippen molar-refractivity contribution < 1.29 is 0 Å². The second-order valence-electron chi connectivity index (χ2n) is 8.34. The third-order valence-corrected chi connectivity index (χ3v) is 6.01. The van der Waals surface area contributed by atoms with Gasteiger partial charge in [-0.25, -0.2) is 0 Å². The Morgan fingerprint density at radius 1 is 1.19 bits per heavy atom. The third kappa shape index (κ3) is 10.9. The monoisotopic (exact) mass is 374 g/mol. The van der Waals surface area contributed by atoms with Crippen molar-refractivity contribution in [3.05, 3.63) is 35.5 Å². The smallest absolute Gasteiger partial charge is 0.0137 e. The van der Waals surface area contributed by atoms with Crippen molar-refractivity contribution in [1.82, 2.24) is 10.6 Å². The van der Waals surface area contributed by atoms with E-state index in [9.17, 15) is 0 Å². The van der Waals surface area contributed by atoms with Gasteiger partial charge in [0.2, 0.25) is 0 Å². The molecule has 0 spiro atoms. The summed E-state index contributed by atoms with van der Waals surface area (Å²) in [6.07, 6.45) is 20.8. The maximum Gasteiger partial charge on any atom is 0.0137 e. The van der Waals surface area contributed by atoms with Gasteiger partial charge >= 0.3 is 0 Å². The predicted molar refractivity (Wildman–Crippen MR) is 122 cm³/mol. The molecule has 0 aliphatic carbocycles. The standard InChI is InChI=1S/C25H46N2/c1-6-9-10-12-17-26-22(5)21(4)19-24(20-23(7-2)8-3)15-16-25-14-11-13-18-27-25/h7,10,12,20-22,25-27H,6,8-9,11,13-19H2,1-5H3/b12-10+,23-7-,24-20-/t21?,22?,25-/m1/s1. The number of nitrogens with one attached hydrogen (secondary N) is 2. The van der Waals surface area contributed by atoms with Crippen LogP contribution >= 0.6 is 0 Å². The van der Waals surface area contributed by atoms with Crippen LogP contribution in [0.25, 0.3) is 0 Å². The van der Waals surface area contributed by atoms with Gasteiger partial charge < -0.3 is 10.6 Å². The molecule has 1 aliphatic rings. The molecule has 0 saturated carbocycles. The van der Waals surface area contributed by atoms with E-state index in [4.69, 9.17) is 0 Å². The molecule has 0 aromatic carbocycles. The summed E-state index contributed by atoms with van der Waals surface area (Å²) in [5, 5.41) is 7.41. The lowest BCUT2D eigenvalue weighted by atomic mass is 9.89. The lowest BCUT2D eigenvalue weighted by molar-refractivity contribution is 0.373. The fourth-order valence-electron chi connectivity index (χ4n) is 3.83. The highest BCUT2D eigenvalue weighted by Gasteiger charge is 2.16. The van der Waals surface area contributed by atoms with Crippen LogP contribution in [0, 0.1) is 5.92 Å². The zero-order valence-electron chi connectivity index (χ0n) is 18.8. The van der Waals surface area contributed by atoms with Crippen LogP contribution in [0.4, 0.5) is 0 Å². The first-order chi connectivity index (χ1) is 13.1. The van der Waals surface area contributed by atoms with Crippen molar-refractivity contribution in [3.63, 3.8) is 0 Å². The van der Waals surface area contributed by atoms with Gasteiger partial charge in [0.25, 0.3) is 0 Å². The van der Waals surface area contributed by atoms with E-state index in [1.54, 1.807) is 5.57 Å². The minimum atomic E-state index is 0.545. The maximum absolute atomic E-state index is 3.71. The number of allylic oxidation sites excluding steroid dienone is 5. The molecular formula is C25H46N2. The largest absolute Gasteiger partial charge is 0.314 e. The molecule has 156 valence electrons. The molecule has 2 unspecified atom stereocenters. The van der Waals surface area contributed by atoms with E-state index in [0.717, 1.165) is 19.0 Å². The highest BCUT2D eigenvalue weighted by Crippen LogP contribution is 2.24. The van der Waals surface area contributed by atoms with Crippen molar-refractivity contribution in [1.29, 1.82) is 0 Å². The van der Waals surface area contributed by atoms with Gasteiger partial charge in [0.15, 0.2) is 0 Å². The number of piperidine rings is 1. The molecule has 1 rings (SSSR count). The second-order valence-corrected chi connectivity index (χ2v) is 8.34. The van der Waals surface area contributed by atoms with Crippen LogP contribution in [-0.4, -0.2) is 25.2 Å². The van der Waals surface area contributed by atoms with Crippen LogP contribution in [0.2, 0.25) is 0 Å². The van der Waals surface area contributed by atoms with E-state index >= 15 is 0 Å². The van der Waals surface area contributed by atoms with E-state index < -0.39 is 0 Å². The van der Waals surface area contributed by atoms with Crippen LogP contribution < -0.4 is 10.6 Å². The number of rotatable bonds is 13. The second kappa shape index (κ2) is 15.1. The molecule has 1 saturated heterocycles. The SMILES string of the molecule is C/C=C(\C=C(\CC[C@H]1CCCCN1)CC(C)C(C)NC/C=C/CCC)CC. The highest BCUT2D eigenvalue weighted by molar-refractivity contribution is 5.23. The summed E-state index contributed by atoms with van der Waals surface area (Å²) in [7, 11) is 0. The fourth-order valence-corrected chi connectivity index (χ4v) is 3.83. The Hall–Kier alpha value is -0.860. The van der Waals surface area contributed by atoms with Crippen LogP contribution in [0.1, 0.15) is 92.4 Å². The summed E-state index contributed by atoms with van der Waals surface area (Å²) in [6, 6.07) is 1.27. The average Bonchev–Trinajstić information content (AvgIpc) is 2.70. The topological polar surface area (TPSA) is 24.1 Å². The molecule has 2 heteroatoms. The normalized spacial score (nSPS) is 21.6. The van der Waals surface area contributed by atoms with Crippen molar-refractivity contribution >= 4 is 0 Å². The molecule has 2 N–H and O–H groups in total. The van der Waals surface area contributed by atoms with Gasteiger partial charge in [-0.15, -0.1) is 0 Å². The minimum absolute atomic E-state index is 0.545. The first-order valence-corrected chi connectivity index (χ1v) is 11.6. The summed E-state index contributed by atoms with van der Waals surface area (Å²) in [5.41, 5.74) is 3.12. The quantitative estimate of drug-likeness (QED) is 0.282.